The van der Waals surface area contributed by atoms with Gasteiger partial charge < -0.3 is 19.9 Å². The third-order valence-corrected chi connectivity index (χ3v) is 9.98. The lowest BCUT2D eigenvalue weighted by Gasteiger charge is -2.35. The molecule has 0 spiro atoms. The van der Waals surface area contributed by atoms with Gasteiger partial charge in [0.05, 0.1) is 48.0 Å². The molecule has 1 atom stereocenters. The first-order valence-electron chi connectivity index (χ1n) is 15.8. The van der Waals surface area contributed by atoms with Gasteiger partial charge >= 0.3 is 0 Å². The van der Waals surface area contributed by atoms with Gasteiger partial charge in [-0.05, 0) is 24.5 Å². The van der Waals surface area contributed by atoms with E-state index in [1.807, 2.05) is 36.4 Å². The highest BCUT2D eigenvalue weighted by atomic mass is 35.5. The fourth-order valence-electron chi connectivity index (χ4n) is 6.74. The van der Waals surface area contributed by atoms with Gasteiger partial charge in [-0.25, -0.2) is 9.97 Å². The second kappa shape index (κ2) is 13.4. The molecule has 2 aromatic carbocycles. The number of rotatable bonds is 9. The largest absolute Gasteiger partial charge is 0.481 e. The lowest BCUT2D eigenvalue weighted by atomic mass is 9.95. The van der Waals surface area contributed by atoms with Crippen molar-refractivity contribution in [3.05, 3.63) is 75.5 Å². The Hall–Kier alpha value is -3.80. The minimum atomic E-state index is -0.298. The highest BCUT2D eigenvalue weighted by Crippen LogP contribution is 2.43. The number of β-amino-alcohol motifs (C(OH)–C–C–N with tert-alkyl or cyclic N) is 1. The Morgan fingerprint density at radius 1 is 0.915 bits per heavy atom. The van der Waals surface area contributed by atoms with Crippen molar-refractivity contribution in [3.63, 3.8) is 0 Å². The number of likely N-dealkylation sites (tertiary alicyclic amines) is 1. The van der Waals surface area contributed by atoms with Crippen LogP contribution < -0.4 is 14.8 Å². The Balaban J connectivity index is 1.19. The molecule has 5 heterocycles. The van der Waals surface area contributed by atoms with Gasteiger partial charge in [-0.2, -0.15) is 0 Å². The number of nitrogens with zero attached hydrogens (tertiary/aromatic N) is 5. The maximum atomic E-state index is 11.7. The summed E-state index contributed by atoms with van der Waals surface area (Å²) in [6.45, 7) is 4.19. The van der Waals surface area contributed by atoms with Crippen LogP contribution in [0, 0.1) is 0 Å². The van der Waals surface area contributed by atoms with E-state index in [0.29, 0.717) is 64.8 Å². The van der Waals surface area contributed by atoms with Crippen LogP contribution in [0.1, 0.15) is 29.7 Å². The summed E-state index contributed by atoms with van der Waals surface area (Å²) in [5.74, 6) is 1.16. The first kappa shape index (κ1) is 31.8. The fraction of sp³-hybridized carbons (Fsp3) is 0.371. The highest BCUT2D eigenvalue weighted by Gasteiger charge is 2.29. The molecule has 7 rings (SSSR count). The van der Waals surface area contributed by atoms with E-state index in [9.17, 15) is 9.90 Å². The standard InChI is InChI=1S/C35H36Cl2N6O4/c1-46-34-23-11-12-42(16-21-9-10-31(45)39-21)15-20(23)13-28(40-34)26-7-3-5-24(32(26)36)25-6-4-8-27(33(25)37)29-14-38-30(35(41-29)47-2)19-43-17-22(44)18-43/h3-8,13-14,21-22,44H,9-12,15-19H2,1-2H3,(H,39,45)/t21-/m1/s1. The van der Waals surface area contributed by atoms with Gasteiger partial charge in [0.15, 0.2) is 0 Å². The number of aliphatic hydroxyl groups is 1. The van der Waals surface area contributed by atoms with Crippen molar-refractivity contribution in [2.75, 3.05) is 40.4 Å². The summed E-state index contributed by atoms with van der Waals surface area (Å²) in [7, 11) is 3.22. The summed E-state index contributed by atoms with van der Waals surface area (Å²) in [6.07, 6.45) is 3.68. The summed E-state index contributed by atoms with van der Waals surface area (Å²) < 4.78 is 11.4. The van der Waals surface area contributed by atoms with E-state index in [1.54, 1.807) is 20.4 Å². The molecule has 0 unspecified atom stereocenters. The molecule has 2 saturated heterocycles. The van der Waals surface area contributed by atoms with E-state index < -0.39 is 0 Å². The van der Waals surface area contributed by atoms with Crippen LogP contribution in [0.4, 0.5) is 0 Å². The third-order valence-electron chi connectivity index (χ3n) is 9.16. The Morgan fingerprint density at radius 3 is 2.21 bits per heavy atom. The van der Waals surface area contributed by atoms with Crippen LogP contribution in [0.25, 0.3) is 33.6 Å². The molecular weight excluding hydrogens is 639 g/mol. The zero-order valence-electron chi connectivity index (χ0n) is 26.3. The van der Waals surface area contributed by atoms with Crippen molar-refractivity contribution < 1.29 is 19.4 Å². The number of pyridine rings is 1. The van der Waals surface area contributed by atoms with Crippen LogP contribution in [-0.2, 0) is 24.3 Å². The number of aliphatic hydroxyl groups excluding tert-OH is 1. The number of benzene rings is 2. The fourth-order valence-corrected chi connectivity index (χ4v) is 7.39. The SMILES string of the molecule is COc1nc(-c2cccc(-c3cccc(-c4cc5c(c(OC)n4)CCN(C[C@H]4CCC(=O)N4)C5)c3Cl)c2Cl)cnc1CN1CC(O)C1. The van der Waals surface area contributed by atoms with Crippen LogP contribution in [-0.4, -0.2) is 88.3 Å². The normalized spacial score (nSPS) is 18.5. The highest BCUT2D eigenvalue weighted by molar-refractivity contribution is 6.39. The summed E-state index contributed by atoms with van der Waals surface area (Å²) in [6, 6.07) is 13.9. The maximum Gasteiger partial charge on any atom is 0.237 e. The lowest BCUT2D eigenvalue weighted by Crippen LogP contribution is -2.50. The number of carbonyl (C=O) groups excluding carboxylic acids is 1. The number of ether oxygens (including phenoxy) is 2. The van der Waals surface area contributed by atoms with Crippen LogP contribution >= 0.6 is 23.2 Å². The number of aromatic nitrogens is 3. The van der Waals surface area contributed by atoms with Crippen LogP contribution in [0.3, 0.4) is 0 Å². The zero-order valence-corrected chi connectivity index (χ0v) is 27.8. The molecule has 12 heteroatoms. The number of hydrogen-bond acceptors (Lipinski definition) is 9. The van der Waals surface area contributed by atoms with Crippen LogP contribution in [0.2, 0.25) is 10.0 Å². The molecule has 3 aliphatic heterocycles. The predicted molar refractivity (Wildman–Crippen MR) is 181 cm³/mol. The van der Waals surface area contributed by atoms with E-state index in [-0.39, 0.29) is 18.1 Å². The molecule has 0 radical (unpaired) electrons. The molecule has 1 amide bonds. The molecule has 2 aromatic heterocycles. The zero-order chi connectivity index (χ0) is 32.7. The monoisotopic (exact) mass is 674 g/mol. The third kappa shape index (κ3) is 6.40. The minimum absolute atomic E-state index is 0.131. The van der Waals surface area contributed by atoms with Crippen molar-refractivity contribution in [2.45, 2.75) is 44.5 Å². The molecule has 10 nitrogen and oxygen atoms in total. The van der Waals surface area contributed by atoms with Crippen molar-refractivity contribution >= 4 is 29.1 Å². The van der Waals surface area contributed by atoms with Crippen LogP contribution in [0.5, 0.6) is 11.8 Å². The Kier molecular flexibility index (Phi) is 9.04. The number of carbonyl (C=O) groups is 1. The van der Waals surface area contributed by atoms with E-state index in [2.05, 4.69) is 26.2 Å². The number of fused-ring (bicyclic) bond motifs is 1. The predicted octanol–water partition coefficient (Wildman–Crippen LogP) is 5.01. The first-order valence-corrected chi connectivity index (χ1v) is 16.5. The van der Waals surface area contributed by atoms with Crippen molar-refractivity contribution in [3.8, 4) is 45.4 Å². The van der Waals surface area contributed by atoms with Gasteiger partial charge in [-0.3, -0.25) is 19.6 Å². The summed E-state index contributed by atoms with van der Waals surface area (Å²) in [5.41, 5.74) is 7.25. The summed E-state index contributed by atoms with van der Waals surface area (Å²) >= 11 is 14.3. The molecule has 0 aliphatic carbocycles. The second-order valence-electron chi connectivity index (χ2n) is 12.3. The number of amides is 1. The van der Waals surface area contributed by atoms with Gasteiger partial charge in [0.2, 0.25) is 17.7 Å². The van der Waals surface area contributed by atoms with Crippen LogP contribution in [0.15, 0.2) is 48.7 Å². The van der Waals surface area contributed by atoms with E-state index >= 15 is 0 Å². The number of nitrogens with one attached hydrogen (secondary N) is 1. The van der Waals surface area contributed by atoms with Crippen molar-refractivity contribution in [1.82, 2.24) is 30.1 Å². The Bertz CT molecular complexity index is 1830. The minimum Gasteiger partial charge on any atom is -0.481 e. The van der Waals surface area contributed by atoms with E-state index in [0.717, 1.165) is 66.0 Å². The topological polar surface area (TPSA) is 113 Å². The maximum absolute atomic E-state index is 11.7. The van der Waals surface area contributed by atoms with Gasteiger partial charge in [0, 0.05) is 79.5 Å². The van der Waals surface area contributed by atoms with E-state index in [4.69, 9.17) is 42.6 Å². The molecule has 2 fully saturated rings. The van der Waals surface area contributed by atoms with Gasteiger partial charge in [0.1, 0.15) is 5.69 Å². The Morgan fingerprint density at radius 2 is 1.57 bits per heavy atom. The average Bonchev–Trinajstić information content (AvgIpc) is 3.48. The molecule has 47 heavy (non-hydrogen) atoms. The smallest absolute Gasteiger partial charge is 0.237 e. The lowest BCUT2D eigenvalue weighted by molar-refractivity contribution is -0.119. The van der Waals surface area contributed by atoms with Gasteiger partial charge in [-0.1, -0.05) is 59.6 Å². The average molecular weight is 676 g/mol. The molecule has 0 bridgehead atoms. The molecule has 3 aliphatic rings. The second-order valence-corrected chi connectivity index (χ2v) is 13.1. The van der Waals surface area contributed by atoms with Gasteiger partial charge in [0.25, 0.3) is 0 Å². The molecule has 0 saturated carbocycles. The molecule has 2 N–H and O–H groups in total. The molecule has 4 aromatic rings. The van der Waals surface area contributed by atoms with Crippen molar-refractivity contribution in [2.24, 2.45) is 0 Å². The van der Waals surface area contributed by atoms with Crippen molar-refractivity contribution in [1.29, 1.82) is 0 Å². The quantitative estimate of drug-likeness (QED) is 0.253. The number of hydrogen-bond donors (Lipinski definition) is 2. The molecular formula is C35H36Cl2N6O4. The Labute approximate surface area is 283 Å². The summed E-state index contributed by atoms with van der Waals surface area (Å²) in [4.78, 5) is 30.5. The van der Waals surface area contributed by atoms with E-state index in [1.165, 1.54) is 0 Å². The van der Waals surface area contributed by atoms with Gasteiger partial charge in [-0.15, -0.1) is 0 Å². The number of halogens is 2. The first-order chi connectivity index (χ1) is 22.8. The number of methoxy groups -OCH3 is 2. The molecule has 244 valence electrons. The summed E-state index contributed by atoms with van der Waals surface area (Å²) in [5, 5.41) is 13.7.